The van der Waals surface area contributed by atoms with Gasteiger partial charge in [0.25, 0.3) is 0 Å². The van der Waals surface area contributed by atoms with Crippen molar-refractivity contribution in [1.82, 2.24) is 4.90 Å². The molecule has 0 aliphatic carbocycles. The topological polar surface area (TPSA) is 60.0 Å². The van der Waals surface area contributed by atoms with Crippen molar-refractivity contribution in [1.29, 1.82) is 0 Å². The van der Waals surface area contributed by atoms with Gasteiger partial charge in [0.05, 0.1) is 0 Å². The van der Waals surface area contributed by atoms with Crippen molar-refractivity contribution in [2.75, 3.05) is 31.7 Å². The molecular weight excluding hydrogens is 308 g/mol. The number of fused-ring (bicyclic) bond motifs is 1. The molecule has 1 atom stereocenters. The standard InChI is InChI=1S/C18H26N2O4/c1-18(2,3)24-17(21)20-8-4-5-13(11-20)10-19-14-6-7-15-16(9-14)23-12-22-15/h6-7,9,13,19H,4-5,8,10-12H2,1-3H3. The summed E-state index contributed by atoms with van der Waals surface area (Å²) in [6.45, 7) is 8.29. The highest BCUT2D eigenvalue weighted by molar-refractivity contribution is 5.68. The molecule has 1 aromatic carbocycles. The summed E-state index contributed by atoms with van der Waals surface area (Å²) in [5.74, 6) is 1.98. The van der Waals surface area contributed by atoms with E-state index >= 15 is 0 Å². The molecule has 2 aliphatic heterocycles. The number of nitrogens with zero attached hydrogens (tertiary/aromatic N) is 1. The third kappa shape index (κ3) is 4.24. The van der Waals surface area contributed by atoms with Crippen LogP contribution in [-0.2, 0) is 4.74 Å². The van der Waals surface area contributed by atoms with Gasteiger partial charge in [-0.1, -0.05) is 0 Å². The van der Waals surface area contributed by atoms with E-state index < -0.39 is 5.60 Å². The summed E-state index contributed by atoms with van der Waals surface area (Å²) in [4.78, 5) is 14.0. The minimum Gasteiger partial charge on any atom is -0.454 e. The van der Waals surface area contributed by atoms with Crippen LogP contribution in [0.15, 0.2) is 18.2 Å². The molecule has 132 valence electrons. The largest absolute Gasteiger partial charge is 0.454 e. The summed E-state index contributed by atoms with van der Waals surface area (Å²) in [7, 11) is 0. The van der Waals surface area contributed by atoms with Gasteiger partial charge >= 0.3 is 6.09 Å². The second-order valence-corrected chi connectivity index (χ2v) is 7.38. The zero-order chi connectivity index (χ0) is 17.2. The van der Waals surface area contributed by atoms with E-state index in [1.807, 2.05) is 43.9 Å². The van der Waals surface area contributed by atoms with Crippen LogP contribution in [0.2, 0.25) is 0 Å². The number of hydrogen-bond donors (Lipinski definition) is 1. The molecule has 1 aromatic rings. The molecule has 24 heavy (non-hydrogen) atoms. The Labute approximate surface area is 143 Å². The molecule has 1 saturated heterocycles. The molecule has 6 nitrogen and oxygen atoms in total. The monoisotopic (exact) mass is 334 g/mol. The quantitative estimate of drug-likeness (QED) is 0.917. The van der Waals surface area contributed by atoms with Crippen molar-refractivity contribution in [3.8, 4) is 11.5 Å². The van der Waals surface area contributed by atoms with Crippen LogP contribution in [0.3, 0.4) is 0 Å². The normalized spacial score (nSPS) is 20.0. The third-order valence-corrected chi connectivity index (χ3v) is 4.14. The lowest BCUT2D eigenvalue weighted by atomic mass is 9.98. The van der Waals surface area contributed by atoms with Gasteiger partial charge in [-0.25, -0.2) is 4.79 Å². The maximum Gasteiger partial charge on any atom is 0.410 e. The summed E-state index contributed by atoms with van der Waals surface area (Å²) < 4.78 is 16.2. The second-order valence-electron chi connectivity index (χ2n) is 7.38. The van der Waals surface area contributed by atoms with Gasteiger partial charge in [-0.05, 0) is 51.7 Å². The molecule has 0 aromatic heterocycles. The Morgan fingerprint density at radius 3 is 2.92 bits per heavy atom. The Morgan fingerprint density at radius 1 is 1.33 bits per heavy atom. The van der Waals surface area contributed by atoms with E-state index in [1.165, 1.54) is 0 Å². The number of hydrogen-bond acceptors (Lipinski definition) is 5. The van der Waals surface area contributed by atoms with E-state index in [1.54, 1.807) is 0 Å². The fourth-order valence-corrected chi connectivity index (χ4v) is 2.99. The number of nitrogens with one attached hydrogen (secondary N) is 1. The first-order chi connectivity index (χ1) is 11.4. The van der Waals surface area contributed by atoms with Crippen molar-refractivity contribution < 1.29 is 19.0 Å². The number of carbonyl (C=O) groups is 1. The molecule has 0 spiro atoms. The highest BCUT2D eigenvalue weighted by atomic mass is 16.7. The molecule has 1 unspecified atom stereocenters. The molecule has 1 N–H and O–H groups in total. The van der Waals surface area contributed by atoms with Gasteiger partial charge in [0.1, 0.15) is 5.60 Å². The second kappa shape index (κ2) is 6.79. The number of likely N-dealkylation sites (tertiary alicyclic amines) is 1. The molecule has 2 heterocycles. The van der Waals surface area contributed by atoms with Crippen molar-refractivity contribution >= 4 is 11.8 Å². The number of piperidine rings is 1. The lowest BCUT2D eigenvalue weighted by molar-refractivity contribution is 0.0172. The summed E-state index contributed by atoms with van der Waals surface area (Å²) >= 11 is 0. The van der Waals surface area contributed by atoms with Gasteiger partial charge in [-0.3, -0.25) is 0 Å². The van der Waals surface area contributed by atoms with Crippen molar-refractivity contribution in [3.63, 3.8) is 0 Å². The van der Waals surface area contributed by atoms with E-state index in [9.17, 15) is 4.79 Å². The van der Waals surface area contributed by atoms with Crippen LogP contribution in [0.5, 0.6) is 11.5 Å². The Balaban J connectivity index is 1.51. The number of ether oxygens (including phenoxy) is 3. The maximum absolute atomic E-state index is 12.2. The zero-order valence-electron chi connectivity index (χ0n) is 14.6. The summed E-state index contributed by atoms with van der Waals surface area (Å²) in [5, 5.41) is 3.44. The number of rotatable bonds is 3. The maximum atomic E-state index is 12.2. The van der Waals surface area contributed by atoms with Crippen LogP contribution in [0, 0.1) is 5.92 Å². The summed E-state index contributed by atoms with van der Waals surface area (Å²) in [6.07, 6.45) is 1.90. The van der Waals surface area contributed by atoms with Crippen LogP contribution in [0.1, 0.15) is 33.6 Å². The first kappa shape index (κ1) is 16.7. The van der Waals surface area contributed by atoms with Gasteiger partial charge in [0.15, 0.2) is 11.5 Å². The lowest BCUT2D eigenvalue weighted by Crippen LogP contribution is -2.44. The fourth-order valence-electron chi connectivity index (χ4n) is 2.99. The van der Waals surface area contributed by atoms with Crippen LogP contribution >= 0.6 is 0 Å². The summed E-state index contributed by atoms with van der Waals surface area (Å²) in [5.41, 5.74) is 0.558. The Bertz CT molecular complexity index is 597. The molecule has 0 bridgehead atoms. The molecule has 0 radical (unpaired) electrons. The highest BCUT2D eigenvalue weighted by Gasteiger charge is 2.27. The predicted molar refractivity (Wildman–Crippen MR) is 91.6 cm³/mol. The minimum absolute atomic E-state index is 0.213. The fraction of sp³-hybridized carbons (Fsp3) is 0.611. The van der Waals surface area contributed by atoms with Crippen LogP contribution in [0.25, 0.3) is 0 Å². The molecule has 0 saturated carbocycles. The first-order valence-corrected chi connectivity index (χ1v) is 8.52. The van der Waals surface area contributed by atoms with Crippen molar-refractivity contribution in [2.45, 2.75) is 39.2 Å². The number of carbonyl (C=O) groups excluding carboxylic acids is 1. The van der Waals surface area contributed by atoms with Crippen molar-refractivity contribution in [2.24, 2.45) is 5.92 Å². The van der Waals surface area contributed by atoms with Crippen LogP contribution < -0.4 is 14.8 Å². The Kier molecular flexibility index (Phi) is 4.73. The minimum atomic E-state index is -0.450. The van der Waals surface area contributed by atoms with E-state index in [-0.39, 0.29) is 12.9 Å². The van der Waals surface area contributed by atoms with Gasteiger partial charge in [-0.2, -0.15) is 0 Å². The Hall–Kier alpha value is -2.11. The van der Waals surface area contributed by atoms with E-state index in [0.29, 0.717) is 5.92 Å². The molecule has 3 rings (SSSR count). The SMILES string of the molecule is CC(C)(C)OC(=O)N1CCCC(CNc2ccc3c(c2)OCO3)C1. The molecule has 1 fully saturated rings. The van der Waals surface area contributed by atoms with Gasteiger partial charge in [-0.15, -0.1) is 0 Å². The van der Waals surface area contributed by atoms with Crippen LogP contribution in [0.4, 0.5) is 10.5 Å². The van der Waals surface area contributed by atoms with Gasteiger partial charge in [0.2, 0.25) is 6.79 Å². The number of amides is 1. The van der Waals surface area contributed by atoms with E-state index in [4.69, 9.17) is 14.2 Å². The van der Waals surface area contributed by atoms with E-state index in [2.05, 4.69) is 5.32 Å². The molecule has 6 heteroatoms. The zero-order valence-corrected chi connectivity index (χ0v) is 14.6. The highest BCUT2D eigenvalue weighted by Crippen LogP contribution is 2.34. The predicted octanol–water partition coefficient (Wildman–Crippen LogP) is 3.47. The van der Waals surface area contributed by atoms with E-state index in [0.717, 1.165) is 49.7 Å². The molecular formula is C18H26N2O4. The molecule has 1 amide bonds. The van der Waals surface area contributed by atoms with Gasteiger partial charge < -0.3 is 24.4 Å². The Morgan fingerprint density at radius 2 is 2.12 bits per heavy atom. The van der Waals surface area contributed by atoms with Crippen molar-refractivity contribution in [3.05, 3.63) is 18.2 Å². The third-order valence-electron chi connectivity index (χ3n) is 4.14. The molecule has 2 aliphatic rings. The number of benzene rings is 1. The van der Waals surface area contributed by atoms with Crippen LogP contribution in [-0.4, -0.2) is 43.0 Å². The number of anilines is 1. The smallest absolute Gasteiger partial charge is 0.410 e. The van der Waals surface area contributed by atoms with Gasteiger partial charge in [0, 0.05) is 31.4 Å². The lowest BCUT2D eigenvalue weighted by Gasteiger charge is -2.34. The first-order valence-electron chi connectivity index (χ1n) is 8.52. The average molecular weight is 334 g/mol. The summed E-state index contributed by atoms with van der Waals surface area (Å²) in [6, 6.07) is 5.86. The average Bonchev–Trinajstić information content (AvgIpc) is 2.99.